The van der Waals surface area contributed by atoms with Gasteiger partial charge in [0.05, 0.1) is 17.1 Å². The minimum atomic E-state index is -3.87. The van der Waals surface area contributed by atoms with E-state index in [1.165, 1.54) is 22.7 Å². The molecule has 3 aromatic rings. The molecular weight excluding hydrogens is 474 g/mol. The Hall–Kier alpha value is -3.36. The number of hydrogen-bond donors (Lipinski definition) is 1. The third kappa shape index (κ3) is 5.24. The lowest BCUT2D eigenvalue weighted by Crippen LogP contribution is -2.50. The van der Waals surface area contributed by atoms with Crippen LogP contribution in [0.3, 0.4) is 0 Å². The minimum Gasteiger partial charge on any atom is -0.476 e. The van der Waals surface area contributed by atoms with Crippen LogP contribution in [-0.2, 0) is 27.9 Å². The molecule has 0 saturated carbocycles. The summed E-state index contributed by atoms with van der Waals surface area (Å²) in [7, 11) is -3.87. The summed E-state index contributed by atoms with van der Waals surface area (Å²) in [5.41, 5.74) is 3.62. The van der Waals surface area contributed by atoms with Crippen LogP contribution in [0, 0.1) is 6.92 Å². The molecule has 0 spiro atoms. The number of para-hydroxylation sites is 2. The number of rotatable bonds is 7. The van der Waals surface area contributed by atoms with Crippen molar-refractivity contribution < 1.29 is 17.9 Å². The van der Waals surface area contributed by atoms with Gasteiger partial charge in [-0.05, 0) is 68.2 Å². The summed E-state index contributed by atoms with van der Waals surface area (Å²) in [6.07, 6.45) is 1.53. The van der Waals surface area contributed by atoms with Crippen molar-refractivity contribution in [3.63, 3.8) is 0 Å². The normalized spacial score (nSPS) is 17.9. The lowest BCUT2D eigenvalue weighted by molar-refractivity contribution is -0.127. The van der Waals surface area contributed by atoms with Crippen molar-refractivity contribution in [1.82, 2.24) is 10.2 Å². The number of amides is 1. The molecule has 7 nitrogen and oxygen atoms in total. The molecule has 8 heteroatoms. The molecule has 0 bridgehead atoms. The average Bonchev–Trinajstić information content (AvgIpc) is 3.40. The molecule has 2 aliphatic heterocycles. The van der Waals surface area contributed by atoms with Crippen LogP contribution in [0.2, 0.25) is 0 Å². The standard InChI is InChI=1S/C28H31N3O4S/c1-21-11-13-24(14-12-21)36(33,34)31-20-27(35-26-10-3-2-9-25(26)31)28(32)29-18-22-7-6-8-23(17-22)19-30-15-4-5-16-30/h2-3,6-14,17,27H,4-5,15-16,18-20H2,1H3,(H,29,32)/t27-/m0/s1. The molecule has 2 aliphatic rings. The fourth-order valence-electron chi connectivity index (χ4n) is 4.74. The van der Waals surface area contributed by atoms with Crippen molar-refractivity contribution in [1.29, 1.82) is 0 Å². The zero-order valence-corrected chi connectivity index (χ0v) is 21.2. The number of aryl methyl sites for hydroxylation is 1. The Bertz CT molecular complexity index is 1330. The van der Waals surface area contributed by atoms with E-state index < -0.39 is 16.1 Å². The smallest absolute Gasteiger partial charge is 0.264 e. The molecule has 1 saturated heterocycles. The fourth-order valence-corrected chi connectivity index (χ4v) is 6.22. The summed E-state index contributed by atoms with van der Waals surface area (Å²) in [6.45, 7) is 5.32. The van der Waals surface area contributed by atoms with Crippen molar-refractivity contribution >= 4 is 21.6 Å². The number of hydrogen-bond acceptors (Lipinski definition) is 5. The van der Waals surface area contributed by atoms with Gasteiger partial charge in [0.1, 0.15) is 5.75 Å². The van der Waals surface area contributed by atoms with Gasteiger partial charge in [-0.1, -0.05) is 54.1 Å². The zero-order chi connectivity index (χ0) is 25.1. The van der Waals surface area contributed by atoms with E-state index in [0.717, 1.165) is 30.8 Å². The Kier molecular flexibility index (Phi) is 6.98. The first kappa shape index (κ1) is 24.3. The van der Waals surface area contributed by atoms with Gasteiger partial charge in [-0.3, -0.25) is 14.0 Å². The van der Waals surface area contributed by atoms with E-state index in [1.807, 2.05) is 19.1 Å². The summed E-state index contributed by atoms with van der Waals surface area (Å²) < 4.78 is 34.3. The molecule has 1 atom stereocenters. The van der Waals surface area contributed by atoms with Crippen LogP contribution in [0.1, 0.15) is 29.5 Å². The predicted octanol–water partition coefficient (Wildman–Crippen LogP) is 3.86. The highest BCUT2D eigenvalue weighted by Gasteiger charge is 2.37. The second kappa shape index (κ2) is 10.3. The number of carbonyl (C=O) groups is 1. The molecule has 5 rings (SSSR count). The van der Waals surface area contributed by atoms with Gasteiger partial charge in [-0.25, -0.2) is 8.42 Å². The van der Waals surface area contributed by atoms with Crippen LogP contribution in [0.5, 0.6) is 5.75 Å². The number of likely N-dealkylation sites (tertiary alicyclic amines) is 1. The number of carbonyl (C=O) groups excluding carboxylic acids is 1. The Morgan fingerprint density at radius 1 is 0.972 bits per heavy atom. The van der Waals surface area contributed by atoms with Crippen LogP contribution in [-0.4, -0.2) is 45.0 Å². The van der Waals surface area contributed by atoms with Crippen molar-refractivity contribution in [2.75, 3.05) is 23.9 Å². The van der Waals surface area contributed by atoms with Gasteiger partial charge in [-0.2, -0.15) is 0 Å². The van der Waals surface area contributed by atoms with E-state index >= 15 is 0 Å². The molecule has 3 aromatic carbocycles. The molecule has 0 aliphatic carbocycles. The molecule has 1 amide bonds. The van der Waals surface area contributed by atoms with E-state index in [2.05, 4.69) is 22.3 Å². The molecule has 1 N–H and O–H groups in total. The predicted molar refractivity (Wildman–Crippen MR) is 139 cm³/mol. The van der Waals surface area contributed by atoms with Crippen molar-refractivity contribution in [2.45, 2.75) is 43.9 Å². The molecule has 0 aromatic heterocycles. The molecule has 1 fully saturated rings. The highest BCUT2D eigenvalue weighted by atomic mass is 32.2. The van der Waals surface area contributed by atoms with Gasteiger partial charge in [-0.15, -0.1) is 0 Å². The summed E-state index contributed by atoms with van der Waals surface area (Å²) in [5, 5.41) is 2.94. The topological polar surface area (TPSA) is 79.0 Å². The Balaban J connectivity index is 1.31. The number of anilines is 1. The number of fused-ring (bicyclic) bond motifs is 1. The van der Waals surface area contributed by atoms with Crippen LogP contribution in [0.25, 0.3) is 0 Å². The lowest BCUT2D eigenvalue weighted by Gasteiger charge is -2.34. The highest BCUT2D eigenvalue weighted by Crippen LogP contribution is 2.36. The summed E-state index contributed by atoms with van der Waals surface area (Å²) in [4.78, 5) is 15.8. The first-order valence-electron chi connectivity index (χ1n) is 12.3. The average molecular weight is 506 g/mol. The fraction of sp³-hybridized carbons (Fsp3) is 0.321. The number of benzene rings is 3. The van der Waals surface area contributed by atoms with Crippen LogP contribution in [0.4, 0.5) is 5.69 Å². The maximum absolute atomic E-state index is 13.5. The van der Waals surface area contributed by atoms with E-state index in [1.54, 1.807) is 48.5 Å². The van der Waals surface area contributed by atoms with Crippen molar-refractivity contribution in [3.05, 3.63) is 89.5 Å². The monoisotopic (exact) mass is 505 g/mol. The second-order valence-corrected chi connectivity index (χ2v) is 11.3. The number of nitrogens with one attached hydrogen (secondary N) is 1. The molecule has 36 heavy (non-hydrogen) atoms. The number of ether oxygens (including phenoxy) is 1. The largest absolute Gasteiger partial charge is 0.476 e. The third-order valence-electron chi connectivity index (χ3n) is 6.70. The minimum absolute atomic E-state index is 0.103. The molecular formula is C28H31N3O4S. The molecule has 2 heterocycles. The summed E-state index contributed by atoms with van der Waals surface area (Å²) in [6, 6.07) is 21.8. The van der Waals surface area contributed by atoms with Gasteiger partial charge in [0.2, 0.25) is 0 Å². The zero-order valence-electron chi connectivity index (χ0n) is 20.4. The SMILES string of the molecule is Cc1ccc(S(=O)(=O)N2C[C@@H](C(=O)NCc3cccc(CN4CCCC4)c3)Oc3ccccc32)cc1. The first-order valence-corrected chi connectivity index (χ1v) is 13.8. The molecule has 0 radical (unpaired) electrons. The van der Waals surface area contributed by atoms with E-state index in [0.29, 0.717) is 18.0 Å². The van der Waals surface area contributed by atoms with Gasteiger partial charge in [0, 0.05) is 13.1 Å². The van der Waals surface area contributed by atoms with E-state index in [4.69, 9.17) is 4.74 Å². The molecule has 188 valence electrons. The van der Waals surface area contributed by atoms with E-state index in [9.17, 15) is 13.2 Å². The lowest BCUT2D eigenvalue weighted by atomic mass is 10.1. The third-order valence-corrected chi connectivity index (χ3v) is 8.49. The quantitative estimate of drug-likeness (QED) is 0.528. The first-order chi connectivity index (χ1) is 17.4. The number of sulfonamides is 1. The van der Waals surface area contributed by atoms with E-state index in [-0.39, 0.29) is 17.3 Å². The molecule has 0 unspecified atom stereocenters. The van der Waals surface area contributed by atoms with Gasteiger partial charge in [0.15, 0.2) is 6.10 Å². The second-order valence-electron chi connectivity index (χ2n) is 9.44. The van der Waals surface area contributed by atoms with Gasteiger partial charge < -0.3 is 10.1 Å². The Morgan fingerprint density at radius 2 is 1.69 bits per heavy atom. The van der Waals surface area contributed by atoms with Crippen LogP contribution >= 0.6 is 0 Å². The maximum atomic E-state index is 13.5. The van der Waals surface area contributed by atoms with Crippen molar-refractivity contribution in [3.8, 4) is 5.75 Å². The van der Waals surface area contributed by atoms with Gasteiger partial charge in [0.25, 0.3) is 15.9 Å². The summed E-state index contributed by atoms with van der Waals surface area (Å²) >= 11 is 0. The number of nitrogens with zero attached hydrogens (tertiary/aromatic N) is 2. The van der Waals surface area contributed by atoms with Crippen molar-refractivity contribution in [2.24, 2.45) is 0 Å². The van der Waals surface area contributed by atoms with Crippen LogP contribution in [0.15, 0.2) is 77.7 Å². The maximum Gasteiger partial charge on any atom is 0.264 e. The Labute approximate surface area is 212 Å². The van der Waals surface area contributed by atoms with Crippen LogP contribution < -0.4 is 14.4 Å². The highest BCUT2D eigenvalue weighted by molar-refractivity contribution is 7.92. The van der Waals surface area contributed by atoms with Gasteiger partial charge >= 0.3 is 0 Å². The summed E-state index contributed by atoms with van der Waals surface area (Å²) in [5.74, 6) is 0.0192. The Morgan fingerprint density at radius 3 is 2.47 bits per heavy atom.